The van der Waals surface area contributed by atoms with Gasteiger partial charge in [0.2, 0.25) is 0 Å². The first-order valence-electron chi connectivity index (χ1n) is 3.17. The van der Waals surface area contributed by atoms with E-state index in [1.807, 2.05) is 6.92 Å². The molecule has 0 fully saturated rings. The molecule has 0 amide bonds. The number of hydrogen-bond acceptors (Lipinski definition) is 2. The van der Waals surface area contributed by atoms with Crippen molar-refractivity contribution in [1.82, 2.24) is 4.98 Å². The van der Waals surface area contributed by atoms with E-state index in [4.69, 9.17) is 5.73 Å². The highest BCUT2D eigenvalue weighted by Gasteiger charge is 2.08. The molecule has 0 aromatic carbocycles. The van der Waals surface area contributed by atoms with Gasteiger partial charge < -0.3 is 5.73 Å². The molecule has 0 saturated heterocycles. The van der Waals surface area contributed by atoms with Gasteiger partial charge in [0.05, 0.1) is 0 Å². The highest BCUT2D eigenvalue weighted by molar-refractivity contribution is 9.11. The molecule has 0 bridgehead atoms. The van der Waals surface area contributed by atoms with Crippen LogP contribution < -0.4 is 5.73 Å². The van der Waals surface area contributed by atoms with Crippen molar-refractivity contribution in [3.63, 3.8) is 0 Å². The highest BCUT2D eigenvalue weighted by atomic mass is 79.9. The van der Waals surface area contributed by atoms with Crippen LogP contribution in [-0.4, -0.2) is 4.98 Å². The fourth-order valence-electron chi connectivity index (χ4n) is 0.856. The molecule has 2 N–H and O–H groups in total. The van der Waals surface area contributed by atoms with Crippen LogP contribution in [0.2, 0.25) is 0 Å². The van der Waals surface area contributed by atoms with Gasteiger partial charge in [-0.25, -0.2) is 0 Å². The first-order valence-corrected chi connectivity index (χ1v) is 4.76. The van der Waals surface area contributed by atoms with Gasteiger partial charge in [0.15, 0.2) is 0 Å². The van der Waals surface area contributed by atoms with Crippen LogP contribution in [0.1, 0.15) is 18.5 Å². The smallest absolute Gasteiger partial charge is 0.0417 e. The van der Waals surface area contributed by atoms with Crippen molar-refractivity contribution < 1.29 is 0 Å². The van der Waals surface area contributed by atoms with Gasteiger partial charge in [0.25, 0.3) is 0 Å². The van der Waals surface area contributed by atoms with Crippen molar-refractivity contribution in [2.24, 2.45) is 5.73 Å². The SMILES string of the molecule is CC(N)c1c(Br)cncc1Br. The van der Waals surface area contributed by atoms with Gasteiger partial charge in [-0.2, -0.15) is 0 Å². The fourth-order valence-corrected chi connectivity index (χ4v) is 2.51. The number of aromatic nitrogens is 1. The lowest BCUT2D eigenvalue weighted by Crippen LogP contribution is -2.06. The van der Waals surface area contributed by atoms with E-state index in [2.05, 4.69) is 36.8 Å². The van der Waals surface area contributed by atoms with Crippen LogP contribution in [0.4, 0.5) is 0 Å². The van der Waals surface area contributed by atoms with Gasteiger partial charge in [-0.05, 0) is 38.8 Å². The molecule has 60 valence electrons. The minimum atomic E-state index is 0.0155. The summed E-state index contributed by atoms with van der Waals surface area (Å²) in [6.45, 7) is 1.94. The Labute approximate surface area is 82.5 Å². The Kier molecular flexibility index (Phi) is 3.04. The third-order valence-corrected chi connectivity index (χ3v) is 2.61. The Balaban J connectivity index is 3.21. The minimum absolute atomic E-state index is 0.0155. The third kappa shape index (κ3) is 2.01. The standard InChI is InChI=1S/C7H8Br2N2/c1-4(10)7-5(8)2-11-3-6(7)9/h2-4H,10H2,1H3. The number of rotatable bonds is 1. The predicted octanol–water partition coefficient (Wildman–Crippen LogP) is 2.63. The molecular weight excluding hydrogens is 272 g/mol. The van der Waals surface area contributed by atoms with Gasteiger partial charge >= 0.3 is 0 Å². The van der Waals surface area contributed by atoms with Crippen LogP contribution >= 0.6 is 31.9 Å². The largest absolute Gasteiger partial charge is 0.324 e. The Morgan fingerprint density at radius 1 is 1.36 bits per heavy atom. The van der Waals surface area contributed by atoms with Crippen LogP contribution in [-0.2, 0) is 0 Å². The summed E-state index contributed by atoms with van der Waals surface area (Å²) in [5.41, 5.74) is 6.78. The van der Waals surface area contributed by atoms with E-state index < -0.39 is 0 Å². The van der Waals surface area contributed by atoms with Crippen molar-refractivity contribution in [2.45, 2.75) is 13.0 Å². The Morgan fingerprint density at radius 3 is 2.09 bits per heavy atom. The maximum Gasteiger partial charge on any atom is 0.0417 e. The van der Waals surface area contributed by atoms with Gasteiger partial charge in [0, 0.05) is 32.9 Å². The molecule has 11 heavy (non-hydrogen) atoms. The average molecular weight is 280 g/mol. The van der Waals surface area contributed by atoms with E-state index in [1.54, 1.807) is 12.4 Å². The van der Waals surface area contributed by atoms with Crippen molar-refractivity contribution >= 4 is 31.9 Å². The molecule has 1 rings (SSSR count). The predicted molar refractivity (Wildman–Crippen MR) is 52.2 cm³/mol. The highest BCUT2D eigenvalue weighted by Crippen LogP contribution is 2.27. The topological polar surface area (TPSA) is 38.9 Å². The lowest BCUT2D eigenvalue weighted by molar-refractivity contribution is 0.804. The van der Waals surface area contributed by atoms with E-state index in [-0.39, 0.29) is 6.04 Å². The number of hydrogen-bond donors (Lipinski definition) is 1. The molecule has 0 radical (unpaired) electrons. The van der Waals surface area contributed by atoms with Crippen LogP contribution in [0.3, 0.4) is 0 Å². The maximum absolute atomic E-state index is 5.73. The second-order valence-electron chi connectivity index (χ2n) is 2.31. The van der Waals surface area contributed by atoms with E-state index >= 15 is 0 Å². The molecule has 0 spiro atoms. The van der Waals surface area contributed by atoms with Gasteiger partial charge in [0.1, 0.15) is 0 Å². The summed E-state index contributed by atoms with van der Waals surface area (Å²) in [6, 6.07) is 0.0155. The van der Waals surface area contributed by atoms with Crippen LogP contribution in [0.15, 0.2) is 21.3 Å². The van der Waals surface area contributed by atoms with Crippen LogP contribution in [0.25, 0.3) is 0 Å². The first-order chi connectivity index (χ1) is 5.13. The van der Waals surface area contributed by atoms with Crippen molar-refractivity contribution in [2.75, 3.05) is 0 Å². The van der Waals surface area contributed by atoms with Crippen LogP contribution in [0, 0.1) is 0 Å². The summed E-state index contributed by atoms with van der Waals surface area (Å²) in [4.78, 5) is 3.98. The summed E-state index contributed by atoms with van der Waals surface area (Å²) in [5, 5.41) is 0. The molecule has 4 heteroatoms. The van der Waals surface area contributed by atoms with Crippen molar-refractivity contribution in [1.29, 1.82) is 0 Å². The molecule has 1 aromatic rings. The summed E-state index contributed by atoms with van der Waals surface area (Å²) in [7, 11) is 0. The zero-order chi connectivity index (χ0) is 8.43. The number of nitrogens with zero attached hydrogens (tertiary/aromatic N) is 1. The molecule has 0 aliphatic rings. The molecular formula is C7H8Br2N2. The number of halogens is 2. The molecule has 1 heterocycles. The quantitative estimate of drug-likeness (QED) is 0.858. The summed E-state index contributed by atoms with van der Waals surface area (Å²) < 4.78 is 1.89. The lowest BCUT2D eigenvalue weighted by Gasteiger charge is -2.09. The molecule has 2 nitrogen and oxygen atoms in total. The summed E-state index contributed by atoms with van der Waals surface area (Å²) >= 11 is 6.75. The van der Waals surface area contributed by atoms with Gasteiger partial charge in [-0.15, -0.1) is 0 Å². The Bertz CT molecular complexity index is 240. The zero-order valence-corrected chi connectivity index (χ0v) is 9.18. The molecule has 1 unspecified atom stereocenters. The first kappa shape index (κ1) is 9.16. The number of pyridine rings is 1. The van der Waals surface area contributed by atoms with Crippen LogP contribution in [0.5, 0.6) is 0 Å². The third-order valence-electron chi connectivity index (χ3n) is 1.35. The van der Waals surface area contributed by atoms with Crippen molar-refractivity contribution in [3.8, 4) is 0 Å². The minimum Gasteiger partial charge on any atom is -0.324 e. The molecule has 1 aromatic heterocycles. The average Bonchev–Trinajstić information content (AvgIpc) is 1.85. The van der Waals surface area contributed by atoms with Gasteiger partial charge in [-0.1, -0.05) is 0 Å². The molecule has 0 aliphatic heterocycles. The molecule has 0 saturated carbocycles. The number of nitrogens with two attached hydrogens (primary N) is 1. The fraction of sp³-hybridized carbons (Fsp3) is 0.286. The van der Waals surface area contributed by atoms with E-state index in [0.717, 1.165) is 14.5 Å². The second-order valence-corrected chi connectivity index (χ2v) is 4.01. The maximum atomic E-state index is 5.73. The molecule has 1 atom stereocenters. The zero-order valence-electron chi connectivity index (χ0n) is 6.01. The summed E-state index contributed by atoms with van der Waals surface area (Å²) in [5.74, 6) is 0. The second kappa shape index (κ2) is 3.65. The van der Waals surface area contributed by atoms with Crippen molar-refractivity contribution in [3.05, 3.63) is 26.9 Å². The Morgan fingerprint density at radius 2 is 1.82 bits per heavy atom. The van der Waals surface area contributed by atoms with E-state index in [0.29, 0.717) is 0 Å². The summed E-state index contributed by atoms with van der Waals surface area (Å²) in [6.07, 6.45) is 3.48. The normalized spacial score (nSPS) is 13.1. The monoisotopic (exact) mass is 278 g/mol. The Hall–Kier alpha value is 0.0700. The van der Waals surface area contributed by atoms with E-state index in [1.165, 1.54) is 0 Å². The van der Waals surface area contributed by atoms with Gasteiger partial charge in [-0.3, -0.25) is 4.98 Å². The molecule has 0 aliphatic carbocycles. The lowest BCUT2D eigenvalue weighted by atomic mass is 10.1. The van der Waals surface area contributed by atoms with E-state index in [9.17, 15) is 0 Å².